The fourth-order valence-electron chi connectivity index (χ4n) is 2.87. The van der Waals surface area contributed by atoms with Crippen molar-refractivity contribution in [2.24, 2.45) is 0 Å². The molecular formula is C18H27N3OS2. The van der Waals surface area contributed by atoms with Gasteiger partial charge in [-0.3, -0.25) is 4.90 Å². The first-order valence-corrected chi connectivity index (χ1v) is 9.56. The van der Waals surface area contributed by atoms with Gasteiger partial charge in [0, 0.05) is 31.9 Å². The minimum atomic E-state index is -0.268. The van der Waals surface area contributed by atoms with Gasteiger partial charge in [-0.25, -0.2) is 0 Å². The average molecular weight is 366 g/mol. The van der Waals surface area contributed by atoms with Gasteiger partial charge in [0.05, 0.1) is 0 Å². The summed E-state index contributed by atoms with van der Waals surface area (Å²) in [7, 11) is 4.01. The molecule has 1 fully saturated rings. The molecular weight excluding hydrogens is 338 g/mol. The van der Waals surface area contributed by atoms with Crippen LogP contribution in [0.2, 0.25) is 0 Å². The third-order valence-corrected chi connectivity index (χ3v) is 5.81. The fraction of sp³-hybridized carbons (Fsp3) is 0.556. The molecule has 0 aliphatic carbocycles. The van der Waals surface area contributed by atoms with Crippen molar-refractivity contribution >= 4 is 40.2 Å². The third kappa shape index (κ3) is 4.22. The first kappa shape index (κ1) is 19.1. The molecule has 0 N–H and O–H groups in total. The number of hydrogen-bond acceptors (Lipinski definition) is 4. The second kappa shape index (κ2) is 7.74. The predicted octanol–water partition coefficient (Wildman–Crippen LogP) is 3.92. The number of nitrogens with zero attached hydrogens (tertiary/aromatic N) is 3. The summed E-state index contributed by atoms with van der Waals surface area (Å²) in [4.78, 5) is 4.13. The Bertz CT molecular complexity index is 611. The van der Waals surface area contributed by atoms with E-state index in [-0.39, 0.29) is 10.9 Å². The highest BCUT2D eigenvalue weighted by atomic mass is 32.2. The van der Waals surface area contributed by atoms with Crippen molar-refractivity contribution in [2.75, 3.05) is 25.5 Å². The molecule has 1 aliphatic rings. The van der Waals surface area contributed by atoms with E-state index in [4.69, 9.17) is 12.2 Å². The number of rotatable bonds is 6. The Hall–Kier alpha value is -1.27. The number of thioether (sulfide) groups is 1. The summed E-state index contributed by atoms with van der Waals surface area (Å²) in [6.45, 7) is 7.17. The maximum absolute atomic E-state index is 12.9. The van der Waals surface area contributed by atoms with E-state index < -0.39 is 0 Å². The minimum absolute atomic E-state index is 0.230. The highest BCUT2D eigenvalue weighted by Crippen LogP contribution is 2.41. The molecule has 6 heteroatoms. The van der Waals surface area contributed by atoms with Gasteiger partial charge in [-0.2, -0.15) is 4.74 Å². The molecule has 1 heterocycles. The van der Waals surface area contributed by atoms with Gasteiger partial charge >= 0.3 is 0 Å². The van der Waals surface area contributed by atoms with Crippen LogP contribution < -0.4 is 4.90 Å². The van der Waals surface area contributed by atoms with E-state index in [0.717, 1.165) is 39.7 Å². The Morgan fingerprint density at radius 1 is 1.33 bits per heavy atom. The number of thiocarbonyl (C=S) groups is 1. The normalized spacial score (nSPS) is 20.5. The lowest BCUT2D eigenvalue weighted by Gasteiger charge is -2.29. The summed E-state index contributed by atoms with van der Waals surface area (Å²) < 4.78 is 1.68. The van der Waals surface area contributed by atoms with Gasteiger partial charge in [-0.15, -0.1) is 0 Å². The van der Waals surface area contributed by atoms with Crippen molar-refractivity contribution in [1.82, 2.24) is 4.90 Å². The number of hydroxylamine groups is 1. The minimum Gasteiger partial charge on any atom is -0.622 e. The smallest absolute Gasteiger partial charge is 0.254 e. The lowest BCUT2D eigenvalue weighted by atomic mass is 10.1. The summed E-state index contributed by atoms with van der Waals surface area (Å²) in [5.74, 6) is 0. The Balaban J connectivity index is 2.26. The molecule has 1 saturated heterocycles. The maximum atomic E-state index is 12.9. The zero-order valence-electron chi connectivity index (χ0n) is 15.2. The monoisotopic (exact) mass is 365 g/mol. The van der Waals surface area contributed by atoms with Gasteiger partial charge in [0.15, 0.2) is 6.21 Å². The molecule has 0 saturated carbocycles. The molecule has 0 amide bonds. The Labute approximate surface area is 155 Å². The van der Waals surface area contributed by atoms with Crippen molar-refractivity contribution in [3.63, 3.8) is 0 Å². The average Bonchev–Trinajstić information content (AvgIpc) is 2.74. The fourth-order valence-corrected chi connectivity index (χ4v) is 4.80. The molecule has 1 aromatic rings. The number of unbranched alkanes of at least 4 members (excludes halogenated alkanes) is 1. The third-order valence-electron chi connectivity index (χ3n) is 4.18. The van der Waals surface area contributed by atoms with Gasteiger partial charge in [0.2, 0.25) is 0 Å². The Kier molecular flexibility index (Phi) is 6.15. The zero-order chi connectivity index (χ0) is 17.9. The van der Waals surface area contributed by atoms with Crippen LogP contribution in [0.15, 0.2) is 24.3 Å². The van der Waals surface area contributed by atoms with Gasteiger partial charge in [-0.1, -0.05) is 37.3 Å². The molecule has 0 spiro atoms. The van der Waals surface area contributed by atoms with Crippen molar-refractivity contribution < 1.29 is 4.74 Å². The second-order valence-electron chi connectivity index (χ2n) is 6.87. The van der Waals surface area contributed by atoms with Crippen LogP contribution in [0.5, 0.6) is 0 Å². The largest absolute Gasteiger partial charge is 0.622 e. The summed E-state index contributed by atoms with van der Waals surface area (Å²) in [5, 5.41) is 12.9. The van der Waals surface area contributed by atoms with Gasteiger partial charge in [-0.05, 0) is 44.5 Å². The summed E-state index contributed by atoms with van der Waals surface area (Å²) >= 11 is 7.14. The van der Waals surface area contributed by atoms with Crippen molar-refractivity contribution in [2.45, 2.75) is 44.5 Å². The highest BCUT2D eigenvalue weighted by Gasteiger charge is 2.50. The Morgan fingerprint density at radius 3 is 2.50 bits per heavy atom. The summed E-state index contributed by atoms with van der Waals surface area (Å²) in [6, 6.07) is 8.00. The van der Waals surface area contributed by atoms with E-state index in [1.165, 1.54) is 0 Å². The lowest BCUT2D eigenvalue weighted by molar-refractivity contribution is -0.523. The quantitative estimate of drug-likeness (QED) is 0.251. The summed E-state index contributed by atoms with van der Waals surface area (Å²) in [5.41, 5.74) is 2.02. The van der Waals surface area contributed by atoms with Gasteiger partial charge in [0.25, 0.3) is 6.17 Å². The van der Waals surface area contributed by atoms with Crippen molar-refractivity contribution in [3.05, 3.63) is 35.0 Å². The Morgan fingerprint density at radius 2 is 1.96 bits per heavy atom. The first-order chi connectivity index (χ1) is 11.3. The molecule has 0 radical (unpaired) electrons. The van der Waals surface area contributed by atoms with E-state index in [9.17, 15) is 5.21 Å². The van der Waals surface area contributed by atoms with Crippen LogP contribution in [-0.2, 0) is 0 Å². The maximum Gasteiger partial charge on any atom is 0.254 e. The highest BCUT2D eigenvalue weighted by molar-refractivity contribution is 8.24. The molecule has 1 aliphatic heterocycles. The van der Waals surface area contributed by atoms with E-state index in [1.54, 1.807) is 18.0 Å². The first-order valence-electron chi connectivity index (χ1n) is 8.33. The molecule has 1 aromatic carbocycles. The SMILES string of the molecule is CCCCN1C(=S)SC(C)(C)C1[N+]([O-])=Cc1ccc(N(C)C)cc1. The van der Waals surface area contributed by atoms with Crippen LogP contribution in [0.25, 0.3) is 0 Å². The van der Waals surface area contributed by atoms with Crippen molar-refractivity contribution in [1.29, 1.82) is 0 Å². The molecule has 1 atom stereocenters. The van der Waals surface area contributed by atoms with Crippen LogP contribution in [0, 0.1) is 5.21 Å². The number of benzene rings is 1. The van der Waals surface area contributed by atoms with E-state index in [0.29, 0.717) is 0 Å². The molecule has 4 nitrogen and oxygen atoms in total. The molecule has 132 valence electrons. The zero-order valence-corrected chi connectivity index (χ0v) is 16.8. The van der Waals surface area contributed by atoms with Crippen LogP contribution in [0.4, 0.5) is 5.69 Å². The van der Waals surface area contributed by atoms with E-state index in [2.05, 4.69) is 25.7 Å². The number of anilines is 1. The van der Waals surface area contributed by atoms with Crippen LogP contribution in [0.3, 0.4) is 0 Å². The summed E-state index contributed by atoms with van der Waals surface area (Å²) in [6.07, 6.45) is 3.54. The van der Waals surface area contributed by atoms with Crippen molar-refractivity contribution in [3.8, 4) is 0 Å². The van der Waals surface area contributed by atoms with Gasteiger partial charge < -0.3 is 10.1 Å². The lowest BCUT2D eigenvalue weighted by Crippen LogP contribution is -2.48. The van der Waals surface area contributed by atoms with Crippen LogP contribution in [-0.4, -0.2) is 51.7 Å². The molecule has 24 heavy (non-hydrogen) atoms. The number of hydrogen-bond donors (Lipinski definition) is 0. The van der Waals surface area contributed by atoms with Crippen LogP contribution in [0.1, 0.15) is 39.2 Å². The molecule has 0 bridgehead atoms. The van der Waals surface area contributed by atoms with Crippen LogP contribution >= 0.6 is 24.0 Å². The van der Waals surface area contributed by atoms with E-state index >= 15 is 0 Å². The molecule has 1 unspecified atom stereocenters. The molecule has 0 aromatic heterocycles. The predicted molar refractivity (Wildman–Crippen MR) is 109 cm³/mol. The van der Waals surface area contributed by atoms with Gasteiger partial charge in [0.1, 0.15) is 9.07 Å². The standard InChI is InChI=1S/C18H27N3OS2/c1-6-7-12-20-16(18(2,3)24-17(20)23)21(22)13-14-8-10-15(11-9-14)19(4)5/h8-11,13,16H,6-7,12H2,1-5H3. The van der Waals surface area contributed by atoms with E-state index in [1.807, 2.05) is 43.3 Å². The topological polar surface area (TPSA) is 32.5 Å². The second-order valence-corrected chi connectivity index (χ2v) is 9.16. The molecule has 2 rings (SSSR count).